The van der Waals surface area contributed by atoms with Gasteiger partial charge in [0.1, 0.15) is 11.8 Å². The Bertz CT molecular complexity index is 742. The lowest BCUT2D eigenvalue weighted by molar-refractivity contribution is -0.139. The summed E-state index contributed by atoms with van der Waals surface area (Å²) >= 11 is 0. The summed E-state index contributed by atoms with van der Waals surface area (Å²) < 4.78 is 5.04. The van der Waals surface area contributed by atoms with E-state index in [1.54, 1.807) is 48.5 Å². The summed E-state index contributed by atoms with van der Waals surface area (Å²) in [5, 5.41) is 11.6. The first kappa shape index (κ1) is 17.2. The molecule has 0 aliphatic carbocycles. The number of nitrogens with one attached hydrogen (secondary N) is 1. The minimum absolute atomic E-state index is 0.328. The van der Waals surface area contributed by atoms with E-state index in [0.29, 0.717) is 16.9 Å². The van der Waals surface area contributed by atoms with Crippen molar-refractivity contribution in [1.82, 2.24) is 5.32 Å². The zero-order chi connectivity index (χ0) is 17.5. The molecule has 24 heavy (non-hydrogen) atoms. The Morgan fingerprint density at radius 1 is 1.04 bits per heavy atom. The van der Waals surface area contributed by atoms with Crippen molar-refractivity contribution < 1.29 is 24.2 Å². The smallest absolute Gasteiger partial charge is 0.326 e. The van der Waals surface area contributed by atoms with Crippen LogP contribution in [0.4, 0.5) is 0 Å². The van der Waals surface area contributed by atoms with Gasteiger partial charge in [-0.3, -0.25) is 9.59 Å². The van der Waals surface area contributed by atoms with E-state index in [4.69, 9.17) is 4.74 Å². The van der Waals surface area contributed by atoms with E-state index in [1.165, 1.54) is 13.2 Å². The maximum absolute atomic E-state index is 12.3. The Balaban J connectivity index is 2.09. The van der Waals surface area contributed by atoms with Crippen LogP contribution in [0.1, 0.15) is 27.1 Å². The van der Waals surface area contributed by atoms with Crippen LogP contribution in [0.15, 0.2) is 54.6 Å². The number of carboxylic acids is 1. The van der Waals surface area contributed by atoms with Gasteiger partial charge < -0.3 is 15.2 Å². The fraction of sp³-hybridized carbons (Fsp3) is 0.167. The van der Waals surface area contributed by atoms with Crippen LogP contribution in [-0.2, 0) is 4.79 Å². The summed E-state index contributed by atoms with van der Waals surface area (Å²) in [5.74, 6) is -1.70. The van der Waals surface area contributed by atoms with E-state index in [1.807, 2.05) is 0 Å². The first-order valence-electron chi connectivity index (χ1n) is 7.27. The third kappa shape index (κ3) is 4.42. The van der Waals surface area contributed by atoms with E-state index >= 15 is 0 Å². The van der Waals surface area contributed by atoms with Crippen LogP contribution in [0, 0.1) is 0 Å². The Hall–Kier alpha value is -3.15. The molecule has 0 heterocycles. The Kier molecular flexibility index (Phi) is 5.68. The van der Waals surface area contributed by atoms with Gasteiger partial charge in [-0.1, -0.05) is 30.3 Å². The number of Topliss-reactive ketones (excluding diaryl/α,β-unsaturated/α-hetero) is 1. The van der Waals surface area contributed by atoms with Gasteiger partial charge in [-0.2, -0.15) is 0 Å². The third-order valence-corrected chi connectivity index (χ3v) is 3.42. The molecule has 0 spiro atoms. The van der Waals surface area contributed by atoms with Crippen molar-refractivity contribution in [1.29, 1.82) is 0 Å². The zero-order valence-corrected chi connectivity index (χ0v) is 13.1. The number of rotatable bonds is 7. The van der Waals surface area contributed by atoms with Crippen LogP contribution in [0.5, 0.6) is 5.75 Å². The van der Waals surface area contributed by atoms with Gasteiger partial charge in [-0.05, 0) is 24.3 Å². The number of carboxylic acid groups (broad SMARTS) is 1. The number of ketones is 1. The van der Waals surface area contributed by atoms with Crippen molar-refractivity contribution in [3.05, 3.63) is 65.7 Å². The number of carbonyl (C=O) groups is 3. The highest BCUT2D eigenvalue weighted by Crippen LogP contribution is 2.15. The van der Waals surface area contributed by atoms with E-state index in [-0.39, 0.29) is 6.42 Å². The summed E-state index contributed by atoms with van der Waals surface area (Å²) in [5.41, 5.74) is 0.659. The molecule has 0 aliphatic rings. The first-order valence-corrected chi connectivity index (χ1v) is 7.27. The van der Waals surface area contributed by atoms with Gasteiger partial charge >= 0.3 is 5.97 Å². The van der Waals surface area contributed by atoms with E-state index in [2.05, 4.69) is 5.32 Å². The highest BCUT2D eigenvalue weighted by molar-refractivity contribution is 6.01. The van der Waals surface area contributed by atoms with Crippen LogP contribution in [0.25, 0.3) is 0 Å². The first-order chi connectivity index (χ1) is 11.5. The van der Waals surface area contributed by atoms with Crippen LogP contribution in [0.3, 0.4) is 0 Å². The SMILES string of the molecule is COc1cccc(C(=O)CC(NC(=O)c2ccccc2)C(=O)O)c1. The summed E-state index contributed by atoms with van der Waals surface area (Å²) in [4.78, 5) is 35.7. The maximum Gasteiger partial charge on any atom is 0.326 e. The van der Waals surface area contributed by atoms with E-state index in [9.17, 15) is 19.5 Å². The van der Waals surface area contributed by atoms with Gasteiger partial charge in [0.25, 0.3) is 5.91 Å². The number of hydrogen-bond donors (Lipinski definition) is 2. The molecule has 0 saturated heterocycles. The number of ether oxygens (including phenoxy) is 1. The fourth-order valence-electron chi connectivity index (χ4n) is 2.13. The number of benzene rings is 2. The molecule has 1 atom stereocenters. The monoisotopic (exact) mass is 327 g/mol. The molecular formula is C18H17NO5. The average Bonchev–Trinajstić information content (AvgIpc) is 2.61. The minimum atomic E-state index is -1.31. The van der Waals surface area contributed by atoms with Gasteiger partial charge in [0, 0.05) is 17.5 Å². The molecule has 1 unspecified atom stereocenters. The number of hydrogen-bond acceptors (Lipinski definition) is 4. The Morgan fingerprint density at radius 3 is 2.33 bits per heavy atom. The molecule has 2 rings (SSSR count). The van der Waals surface area contributed by atoms with Crippen molar-refractivity contribution in [2.75, 3.05) is 7.11 Å². The van der Waals surface area contributed by atoms with Crippen LogP contribution in [0.2, 0.25) is 0 Å². The zero-order valence-electron chi connectivity index (χ0n) is 13.1. The second-order valence-corrected chi connectivity index (χ2v) is 5.09. The fourth-order valence-corrected chi connectivity index (χ4v) is 2.13. The number of methoxy groups -OCH3 is 1. The Morgan fingerprint density at radius 2 is 1.71 bits per heavy atom. The molecule has 6 heteroatoms. The Labute approximate surface area is 139 Å². The molecule has 0 bridgehead atoms. The van der Waals surface area contributed by atoms with Crippen molar-refractivity contribution in [3.63, 3.8) is 0 Å². The largest absolute Gasteiger partial charge is 0.497 e. The minimum Gasteiger partial charge on any atom is -0.497 e. The van der Waals surface area contributed by atoms with Crippen molar-refractivity contribution in [2.24, 2.45) is 0 Å². The molecule has 0 radical (unpaired) electrons. The van der Waals surface area contributed by atoms with E-state index < -0.39 is 23.7 Å². The van der Waals surface area contributed by atoms with Crippen LogP contribution in [-0.4, -0.2) is 35.9 Å². The van der Waals surface area contributed by atoms with Crippen LogP contribution >= 0.6 is 0 Å². The molecule has 0 fully saturated rings. The average molecular weight is 327 g/mol. The molecule has 0 aromatic heterocycles. The number of amides is 1. The van der Waals surface area contributed by atoms with Crippen molar-refractivity contribution in [3.8, 4) is 5.75 Å². The van der Waals surface area contributed by atoms with Gasteiger partial charge in [0.2, 0.25) is 0 Å². The molecule has 2 N–H and O–H groups in total. The van der Waals surface area contributed by atoms with Gasteiger partial charge in [-0.15, -0.1) is 0 Å². The summed E-state index contributed by atoms with van der Waals surface area (Å²) in [6, 6.07) is 13.3. The second kappa shape index (κ2) is 7.92. The lowest BCUT2D eigenvalue weighted by atomic mass is 10.0. The van der Waals surface area contributed by atoms with E-state index in [0.717, 1.165) is 0 Å². The topological polar surface area (TPSA) is 92.7 Å². The maximum atomic E-state index is 12.3. The summed E-state index contributed by atoms with van der Waals surface area (Å²) in [6.45, 7) is 0. The highest BCUT2D eigenvalue weighted by Gasteiger charge is 2.24. The third-order valence-electron chi connectivity index (χ3n) is 3.42. The molecule has 0 saturated carbocycles. The summed E-state index contributed by atoms with van der Waals surface area (Å²) in [6.07, 6.45) is -0.346. The lowest BCUT2D eigenvalue weighted by Gasteiger charge is -2.14. The van der Waals surface area contributed by atoms with Gasteiger partial charge in [0.15, 0.2) is 5.78 Å². The molecule has 0 aliphatic heterocycles. The van der Waals surface area contributed by atoms with Crippen LogP contribution < -0.4 is 10.1 Å². The van der Waals surface area contributed by atoms with Crippen molar-refractivity contribution in [2.45, 2.75) is 12.5 Å². The lowest BCUT2D eigenvalue weighted by Crippen LogP contribution is -2.42. The van der Waals surface area contributed by atoms with Gasteiger partial charge in [0.05, 0.1) is 7.11 Å². The molecule has 6 nitrogen and oxygen atoms in total. The predicted molar refractivity (Wildman–Crippen MR) is 87.3 cm³/mol. The molecule has 124 valence electrons. The summed E-state index contributed by atoms with van der Waals surface area (Å²) in [7, 11) is 1.48. The molecular weight excluding hydrogens is 310 g/mol. The second-order valence-electron chi connectivity index (χ2n) is 5.09. The molecule has 2 aromatic rings. The van der Waals surface area contributed by atoms with Crippen molar-refractivity contribution >= 4 is 17.7 Å². The normalized spacial score (nSPS) is 11.4. The number of aliphatic carboxylic acids is 1. The standard InChI is InChI=1S/C18H17NO5/c1-24-14-9-5-8-13(10-14)16(20)11-15(18(22)23)19-17(21)12-6-3-2-4-7-12/h2-10,15H,11H2,1H3,(H,19,21)(H,22,23). The quantitative estimate of drug-likeness (QED) is 0.760. The van der Waals surface area contributed by atoms with Gasteiger partial charge in [-0.25, -0.2) is 4.79 Å². The molecule has 2 aromatic carbocycles. The number of carbonyl (C=O) groups excluding carboxylic acids is 2. The highest BCUT2D eigenvalue weighted by atomic mass is 16.5. The predicted octanol–water partition coefficient (Wildman–Crippen LogP) is 2.15. The molecule has 1 amide bonds.